The van der Waals surface area contributed by atoms with Crippen molar-refractivity contribution < 1.29 is 14.3 Å². The number of ether oxygens (including phenoxy) is 1. The summed E-state index contributed by atoms with van der Waals surface area (Å²) in [4.78, 5) is 21.0. The van der Waals surface area contributed by atoms with Crippen LogP contribution in [0.2, 0.25) is 0 Å². The van der Waals surface area contributed by atoms with Crippen molar-refractivity contribution in [3.63, 3.8) is 0 Å². The second kappa shape index (κ2) is 5.54. The van der Waals surface area contributed by atoms with Gasteiger partial charge in [-0.25, -0.2) is 0 Å². The molecule has 0 aliphatic heterocycles. The lowest BCUT2D eigenvalue weighted by Gasteiger charge is -2.05. The molecule has 0 aromatic heterocycles. The smallest absolute Gasteiger partial charge is 0.305 e. The zero-order valence-corrected chi connectivity index (χ0v) is 7.08. The Kier molecular flexibility index (Phi) is 5.03. The molecule has 5 nitrogen and oxygen atoms in total. The molecule has 70 valence electrons. The van der Waals surface area contributed by atoms with Gasteiger partial charge in [-0.3, -0.25) is 9.59 Å². The largest absolute Gasteiger partial charge is 0.469 e. The maximum absolute atomic E-state index is 10.6. The van der Waals surface area contributed by atoms with Crippen LogP contribution < -0.4 is 11.5 Å². The van der Waals surface area contributed by atoms with Gasteiger partial charge in [0.05, 0.1) is 13.2 Å². The van der Waals surface area contributed by atoms with Crippen molar-refractivity contribution in [1.82, 2.24) is 0 Å². The van der Waals surface area contributed by atoms with Crippen LogP contribution in [0.1, 0.15) is 19.3 Å². The Balaban J connectivity index is 3.43. The highest BCUT2D eigenvalue weighted by Gasteiger charge is 2.09. The van der Waals surface area contributed by atoms with Crippen LogP contribution in [0.5, 0.6) is 0 Å². The average Bonchev–Trinajstić information content (AvgIpc) is 2.03. The van der Waals surface area contributed by atoms with E-state index in [1.165, 1.54) is 7.11 Å². The minimum atomic E-state index is -0.658. The fourth-order valence-corrected chi connectivity index (χ4v) is 0.711. The Bertz CT molecular complexity index is 170. The monoisotopic (exact) mass is 174 g/mol. The molecule has 0 aromatic rings. The third-order valence-corrected chi connectivity index (χ3v) is 1.49. The normalized spacial score (nSPS) is 12.2. The van der Waals surface area contributed by atoms with Gasteiger partial charge in [-0.2, -0.15) is 0 Å². The van der Waals surface area contributed by atoms with Gasteiger partial charge in [-0.05, 0) is 12.8 Å². The Morgan fingerprint density at radius 2 is 2.08 bits per heavy atom. The highest BCUT2D eigenvalue weighted by Crippen LogP contribution is 1.99. The van der Waals surface area contributed by atoms with Crippen molar-refractivity contribution in [3.05, 3.63) is 0 Å². The third-order valence-electron chi connectivity index (χ3n) is 1.49. The second-order valence-corrected chi connectivity index (χ2v) is 2.48. The topological polar surface area (TPSA) is 95.4 Å². The number of carbonyl (C=O) groups excluding carboxylic acids is 2. The molecule has 5 heteroatoms. The van der Waals surface area contributed by atoms with E-state index in [1.54, 1.807) is 0 Å². The van der Waals surface area contributed by atoms with Crippen molar-refractivity contribution in [1.29, 1.82) is 0 Å². The van der Waals surface area contributed by atoms with Crippen molar-refractivity contribution in [2.75, 3.05) is 7.11 Å². The molecule has 0 bridgehead atoms. The molecule has 0 spiro atoms. The molecule has 1 amide bonds. The molecule has 0 fully saturated rings. The first-order valence-corrected chi connectivity index (χ1v) is 3.69. The van der Waals surface area contributed by atoms with Gasteiger partial charge in [-0.15, -0.1) is 0 Å². The van der Waals surface area contributed by atoms with Gasteiger partial charge in [-0.1, -0.05) is 0 Å². The van der Waals surface area contributed by atoms with E-state index in [4.69, 9.17) is 11.5 Å². The average molecular weight is 174 g/mol. The van der Waals surface area contributed by atoms with Gasteiger partial charge in [0.15, 0.2) is 0 Å². The number of hydrogen-bond donors (Lipinski definition) is 2. The lowest BCUT2D eigenvalue weighted by molar-refractivity contribution is -0.140. The quantitative estimate of drug-likeness (QED) is 0.530. The Morgan fingerprint density at radius 1 is 1.50 bits per heavy atom. The second-order valence-electron chi connectivity index (χ2n) is 2.48. The summed E-state index contributed by atoms with van der Waals surface area (Å²) in [5.74, 6) is -0.841. The molecule has 1 atom stereocenters. The van der Waals surface area contributed by atoms with Crippen LogP contribution in [0.3, 0.4) is 0 Å². The van der Waals surface area contributed by atoms with Crippen molar-refractivity contribution in [2.24, 2.45) is 11.5 Å². The van der Waals surface area contributed by atoms with Crippen molar-refractivity contribution in [3.8, 4) is 0 Å². The molecule has 0 saturated heterocycles. The number of nitrogens with two attached hydrogens (primary N) is 2. The number of hydrogen-bond acceptors (Lipinski definition) is 4. The summed E-state index contributed by atoms with van der Waals surface area (Å²) in [7, 11) is 1.32. The summed E-state index contributed by atoms with van der Waals surface area (Å²) in [5.41, 5.74) is 10.2. The van der Waals surface area contributed by atoms with Crippen LogP contribution in [0, 0.1) is 0 Å². The molecule has 0 heterocycles. The van der Waals surface area contributed by atoms with Crippen LogP contribution in [-0.2, 0) is 14.3 Å². The van der Waals surface area contributed by atoms with E-state index in [-0.39, 0.29) is 12.4 Å². The minimum Gasteiger partial charge on any atom is -0.469 e. The van der Waals surface area contributed by atoms with E-state index < -0.39 is 11.9 Å². The molecule has 0 radical (unpaired) electrons. The van der Waals surface area contributed by atoms with Gasteiger partial charge in [0.1, 0.15) is 0 Å². The van der Waals surface area contributed by atoms with Gasteiger partial charge < -0.3 is 16.2 Å². The number of carbonyl (C=O) groups is 2. The summed E-state index contributed by atoms with van der Waals surface area (Å²) < 4.78 is 4.40. The fourth-order valence-electron chi connectivity index (χ4n) is 0.711. The Labute approximate surface area is 71.0 Å². The number of primary amides is 1. The van der Waals surface area contributed by atoms with Gasteiger partial charge in [0.2, 0.25) is 5.91 Å². The summed E-state index contributed by atoms with van der Waals surface area (Å²) in [6, 6.07) is -0.658. The Hall–Kier alpha value is -1.10. The molecule has 0 aliphatic carbocycles. The van der Waals surface area contributed by atoms with Crippen LogP contribution in [0.25, 0.3) is 0 Å². The summed E-state index contributed by atoms with van der Waals surface area (Å²) in [6.45, 7) is 0. The van der Waals surface area contributed by atoms with Crippen LogP contribution in [-0.4, -0.2) is 25.0 Å². The lowest BCUT2D eigenvalue weighted by Crippen LogP contribution is -2.36. The lowest BCUT2D eigenvalue weighted by atomic mass is 10.1. The van der Waals surface area contributed by atoms with Crippen molar-refractivity contribution in [2.45, 2.75) is 25.3 Å². The first-order valence-electron chi connectivity index (χ1n) is 3.69. The molecule has 0 unspecified atom stereocenters. The number of amides is 1. The van der Waals surface area contributed by atoms with Crippen molar-refractivity contribution >= 4 is 11.9 Å². The van der Waals surface area contributed by atoms with Crippen LogP contribution >= 0.6 is 0 Å². The molecular weight excluding hydrogens is 160 g/mol. The highest BCUT2D eigenvalue weighted by molar-refractivity contribution is 5.79. The third kappa shape index (κ3) is 4.68. The first-order chi connectivity index (χ1) is 5.57. The first kappa shape index (κ1) is 10.9. The van der Waals surface area contributed by atoms with E-state index in [0.717, 1.165) is 0 Å². The molecule has 0 rings (SSSR count). The SMILES string of the molecule is COC(=O)CCC[C@H](N)C(N)=O. The molecular formula is C7H14N2O3. The minimum absolute atomic E-state index is 0.275. The van der Waals surface area contributed by atoms with Crippen LogP contribution in [0.15, 0.2) is 0 Å². The summed E-state index contributed by atoms with van der Waals surface area (Å²) in [5, 5.41) is 0. The Morgan fingerprint density at radius 3 is 2.50 bits per heavy atom. The van der Waals surface area contributed by atoms with Gasteiger partial charge in [0, 0.05) is 6.42 Å². The van der Waals surface area contributed by atoms with E-state index >= 15 is 0 Å². The summed E-state index contributed by atoms with van der Waals surface area (Å²) in [6.07, 6.45) is 1.22. The van der Waals surface area contributed by atoms with Gasteiger partial charge >= 0.3 is 5.97 Å². The molecule has 0 aliphatic rings. The van der Waals surface area contributed by atoms with Gasteiger partial charge in [0.25, 0.3) is 0 Å². The maximum Gasteiger partial charge on any atom is 0.305 e. The zero-order chi connectivity index (χ0) is 9.56. The molecule has 4 N–H and O–H groups in total. The standard InChI is InChI=1S/C7H14N2O3/c1-12-6(10)4-2-3-5(8)7(9)11/h5H,2-4,8H2,1H3,(H2,9,11)/t5-/m0/s1. The molecule has 12 heavy (non-hydrogen) atoms. The highest BCUT2D eigenvalue weighted by atomic mass is 16.5. The fraction of sp³-hybridized carbons (Fsp3) is 0.714. The summed E-state index contributed by atoms with van der Waals surface area (Å²) >= 11 is 0. The van der Waals surface area contributed by atoms with E-state index in [9.17, 15) is 9.59 Å². The molecule has 0 aromatic carbocycles. The van der Waals surface area contributed by atoms with E-state index in [2.05, 4.69) is 4.74 Å². The van der Waals surface area contributed by atoms with E-state index in [0.29, 0.717) is 12.8 Å². The predicted octanol–water partition coefficient (Wildman–Crippen LogP) is -0.858. The predicted molar refractivity (Wildman–Crippen MR) is 43.0 cm³/mol. The van der Waals surface area contributed by atoms with Crippen LogP contribution in [0.4, 0.5) is 0 Å². The number of rotatable bonds is 5. The maximum atomic E-state index is 10.6. The number of esters is 1. The number of methoxy groups -OCH3 is 1. The molecule has 0 saturated carbocycles. The zero-order valence-electron chi connectivity index (χ0n) is 7.08. The van der Waals surface area contributed by atoms with E-state index in [1.807, 2.05) is 0 Å².